The van der Waals surface area contributed by atoms with Crippen molar-refractivity contribution in [2.45, 2.75) is 44.9 Å². The van der Waals surface area contributed by atoms with E-state index in [1.807, 2.05) is 0 Å². The zero-order valence-corrected chi connectivity index (χ0v) is 12.8. The molecular weight excluding hydrogens is 287 g/mol. The minimum absolute atomic E-state index is 0.121. The molecule has 1 aliphatic carbocycles. The van der Waals surface area contributed by atoms with Gasteiger partial charge in [0.2, 0.25) is 5.91 Å². The van der Waals surface area contributed by atoms with Crippen LogP contribution in [-0.2, 0) is 4.79 Å². The summed E-state index contributed by atoms with van der Waals surface area (Å²) in [5.74, 6) is -0.204. The first kappa shape index (κ1) is 15.9. The quantitative estimate of drug-likeness (QED) is 0.658. The summed E-state index contributed by atoms with van der Waals surface area (Å²) in [5, 5.41) is 2.65. The molecule has 1 aromatic carbocycles. The van der Waals surface area contributed by atoms with Gasteiger partial charge in [-0.1, -0.05) is 37.9 Å². The zero-order chi connectivity index (χ0) is 15.2. The number of hydrogen-bond acceptors (Lipinski definition) is 2. The molecule has 1 fully saturated rings. The summed E-state index contributed by atoms with van der Waals surface area (Å²) in [5.41, 5.74) is 6.10. The lowest BCUT2D eigenvalue weighted by Gasteiger charge is -2.14. The van der Waals surface area contributed by atoms with Crippen molar-refractivity contribution in [1.82, 2.24) is 0 Å². The molecule has 21 heavy (non-hydrogen) atoms. The molecule has 5 heteroatoms. The maximum Gasteiger partial charge on any atom is 0.224 e. The number of nitrogens with one attached hydrogen (secondary N) is 1. The Labute approximate surface area is 130 Å². The van der Waals surface area contributed by atoms with Crippen molar-refractivity contribution in [3.8, 4) is 0 Å². The van der Waals surface area contributed by atoms with E-state index >= 15 is 0 Å². The Morgan fingerprint density at radius 2 is 1.95 bits per heavy atom. The van der Waals surface area contributed by atoms with Gasteiger partial charge in [-0.2, -0.15) is 0 Å². The van der Waals surface area contributed by atoms with Crippen molar-refractivity contribution < 1.29 is 9.18 Å². The number of amides is 1. The first-order valence-electron chi connectivity index (χ1n) is 7.45. The maximum absolute atomic E-state index is 13.9. The Hall–Kier alpha value is -1.49. The van der Waals surface area contributed by atoms with Gasteiger partial charge in [-0.05, 0) is 37.0 Å². The summed E-state index contributed by atoms with van der Waals surface area (Å²) in [6.45, 7) is 0. The van der Waals surface area contributed by atoms with E-state index in [9.17, 15) is 9.18 Å². The molecule has 0 spiro atoms. The number of benzene rings is 1. The SMILES string of the molecule is NC(=S)c1ccc(NC(=O)CC2CCCCCC2)c(F)c1. The first-order chi connectivity index (χ1) is 10.1. The molecule has 0 bridgehead atoms. The molecule has 0 heterocycles. The van der Waals surface area contributed by atoms with Gasteiger partial charge in [0.1, 0.15) is 10.8 Å². The lowest BCUT2D eigenvalue weighted by Crippen LogP contribution is -2.17. The highest BCUT2D eigenvalue weighted by atomic mass is 32.1. The third-order valence-corrected chi connectivity index (χ3v) is 4.21. The Bertz CT molecular complexity index is 525. The molecule has 2 rings (SSSR count). The summed E-state index contributed by atoms with van der Waals surface area (Å²) >= 11 is 4.80. The number of thiocarbonyl (C=S) groups is 1. The van der Waals surface area contributed by atoms with Gasteiger partial charge < -0.3 is 11.1 Å². The standard InChI is InChI=1S/C16H21FN2OS/c17-13-10-12(16(18)21)7-8-14(13)19-15(20)9-11-5-3-1-2-4-6-11/h7-8,10-11H,1-6,9H2,(H2,18,21)(H,19,20). The first-order valence-corrected chi connectivity index (χ1v) is 7.86. The molecule has 114 valence electrons. The second-order valence-electron chi connectivity index (χ2n) is 5.67. The molecule has 0 unspecified atom stereocenters. The topological polar surface area (TPSA) is 55.1 Å². The summed E-state index contributed by atoms with van der Waals surface area (Å²) in [6, 6.07) is 4.38. The monoisotopic (exact) mass is 308 g/mol. The predicted molar refractivity (Wildman–Crippen MR) is 86.7 cm³/mol. The van der Waals surface area contributed by atoms with Crippen molar-refractivity contribution in [2.75, 3.05) is 5.32 Å². The second-order valence-corrected chi connectivity index (χ2v) is 6.11. The molecule has 3 nitrogen and oxygen atoms in total. The van der Waals surface area contributed by atoms with Gasteiger partial charge in [0.25, 0.3) is 0 Å². The summed E-state index contributed by atoms with van der Waals surface area (Å²) in [6.07, 6.45) is 7.55. The molecule has 1 saturated carbocycles. The molecular formula is C16H21FN2OS. The van der Waals surface area contributed by atoms with E-state index in [1.54, 1.807) is 6.07 Å². The minimum atomic E-state index is -0.505. The van der Waals surface area contributed by atoms with Crippen molar-refractivity contribution in [3.05, 3.63) is 29.6 Å². The van der Waals surface area contributed by atoms with Crippen LogP contribution in [0.2, 0.25) is 0 Å². The van der Waals surface area contributed by atoms with Crippen molar-refractivity contribution in [1.29, 1.82) is 0 Å². The van der Waals surface area contributed by atoms with Gasteiger partial charge in [-0.3, -0.25) is 4.79 Å². The Morgan fingerprint density at radius 1 is 1.29 bits per heavy atom. The van der Waals surface area contributed by atoms with Crippen LogP contribution in [0.5, 0.6) is 0 Å². The fourth-order valence-corrected chi connectivity index (χ4v) is 2.93. The molecule has 0 atom stereocenters. The van der Waals surface area contributed by atoms with E-state index in [4.69, 9.17) is 18.0 Å². The van der Waals surface area contributed by atoms with Crippen LogP contribution < -0.4 is 11.1 Å². The molecule has 3 N–H and O–H groups in total. The average Bonchev–Trinajstić information content (AvgIpc) is 2.69. The number of carbonyl (C=O) groups excluding carboxylic acids is 1. The van der Waals surface area contributed by atoms with Crippen LogP contribution >= 0.6 is 12.2 Å². The summed E-state index contributed by atoms with van der Waals surface area (Å²) < 4.78 is 13.9. The fourth-order valence-electron chi connectivity index (χ4n) is 2.80. The zero-order valence-electron chi connectivity index (χ0n) is 12.0. The van der Waals surface area contributed by atoms with Gasteiger partial charge >= 0.3 is 0 Å². The molecule has 0 aliphatic heterocycles. The van der Waals surface area contributed by atoms with Gasteiger partial charge in [-0.15, -0.1) is 0 Å². The highest BCUT2D eigenvalue weighted by molar-refractivity contribution is 7.80. The average molecular weight is 308 g/mol. The van der Waals surface area contributed by atoms with Crippen LogP contribution in [-0.4, -0.2) is 10.9 Å². The maximum atomic E-state index is 13.9. The number of halogens is 1. The summed E-state index contributed by atoms with van der Waals surface area (Å²) in [4.78, 5) is 12.2. The lowest BCUT2D eigenvalue weighted by atomic mass is 9.96. The third kappa shape index (κ3) is 4.77. The van der Waals surface area contributed by atoms with E-state index in [2.05, 4.69) is 5.32 Å². The lowest BCUT2D eigenvalue weighted by molar-refractivity contribution is -0.117. The second kappa shape index (κ2) is 7.50. The van der Waals surface area contributed by atoms with E-state index in [0.717, 1.165) is 12.8 Å². The largest absolute Gasteiger partial charge is 0.389 e. The molecule has 0 radical (unpaired) electrons. The Kier molecular flexibility index (Phi) is 5.67. The number of hydrogen-bond donors (Lipinski definition) is 2. The molecule has 0 saturated heterocycles. The van der Waals surface area contributed by atoms with Crippen LogP contribution in [0.15, 0.2) is 18.2 Å². The highest BCUT2D eigenvalue weighted by Crippen LogP contribution is 2.26. The van der Waals surface area contributed by atoms with Crippen molar-refractivity contribution in [3.63, 3.8) is 0 Å². The third-order valence-electron chi connectivity index (χ3n) is 3.98. The number of nitrogens with two attached hydrogens (primary N) is 1. The number of rotatable bonds is 4. The van der Waals surface area contributed by atoms with Crippen LogP contribution in [0.4, 0.5) is 10.1 Å². The van der Waals surface area contributed by atoms with E-state index in [1.165, 1.54) is 37.8 Å². The molecule has 1 aliphatic rings. The highest BCUT2D eigenvalue weighted by Gasteiger charge is 2.17. The molecule has 1 aromatic rings. The normalized spacial score (nSPS) is 16.2. The van der Waals surface area contributed by atoms with Gasteiger partial charge in [-0.25, -0.2) is 4.39 Å². The number of carbonyl (C=O) groups is 1. The van der Waals surface area contributed by atoms with E-state index < -0.39 is 5.82 Å². The van der Waals surface area contributed by atoms with Crippen molar-refractivity contribution in [2.24, 2.45) is 11.7 Å². The fraction of sp³-hybridized carbons (Fsp3) is 0.500. The van der Waals surface area contributed by atoms with Crippen molar-refractivity contribution >= 4 is 28.8 Å². The molecule has 1 amide bonds. The van der Waals surface area contributed by atoms with Crippen LogP contribution in [0.3, 0.4) is 0 Å². The van der Waals surface area contributed by atoms with Crippen LogP contribution in [0, 0.1) is 11.7 Å². The van der Waals surface area contributed by atoms with Crippen LogP contribution in [0.25, 0.3) is 0 Å². The number of anilines is 1. The minimum Gasteiger partial charge on any atom is -0.389 e. The van der Waals surface area contributed by atoms with E-state index in [0.29, 0.717) is 17.9 Å². The van der Waals surface area contributed by atoms with Gasteiger partial charge in [0, 0.05) is 12.0 Å². The van der Waals surface area contributed by atoms with Crippen LogP contribution in [0.1, 0.15) is 50.5 Å². The van der Waals surface area contributed by atoms with Gasteiger partial charge in [0.15, 0.2) is 0 Å². The Morgan fingerprint density at radius 3 is 2.52 bits per heavy atom. The Balaban J connectivity index is 1.94. The summed E-state index contributed by atoms with van der Waals surface area (Å²) in [7, 11) is 0. The smallest absolute Gasteiger partial charge is 0.224 e. The van der Waals surface area contributed by atoms with E-state index in [-0.39, 0.29) is 16.6 Å². The molecule has 0 aromatic heterocycles. The predicted octanol–water partition coefficient (Wildman–Crippen LogP) is 3.76. The van der Waals surface area contributed by atoms with Gasteiger partial charge in [0.05, 0.1) is 5.69 Å².